The molecule has 2 aliphatic heterocycles. The highest BCUT2D eigenvalue weighted by Gasteiger charge is 2.29. The Balaban J connectivity index is 1.55. The number of amides is 1. The zero-order valence-corrected chi connectivity index (χ0v) is 18.2. The molecule has 3 N–H and O–H groups in total. The van der Waals surface area contributed by atoms with Gasteiger partial charge in [0.15, 0.2) is 11.6 Å². The molecule has 1 saturated heterocycles. The third-order valence-electron chi connectivity index (χ3n) is 5.94. The summed E-state index contributed by atoms with van der Waals surface area (Å²) in [5.74, 6) is -0.0364. The fourth-order valence-corrected chi connectivity index (χ4v) is 4.17. The van der Waals surface area contributed by atoms with Crippen LogP contribution in [0.25, 0.3) is 11.3 Å². The molecule has 0 aliphatic carbocycles. The van der Waals surface area contributed by atoms with E-state index in [9.17, 15) is 9.18 Å². The Kier molecular flexibility index (Phi) is 5.87. The largest absolute Gasteiger partial charge is 0.492 e. The minimum Gasteiger partial charge on any atom is -0.492 e. The highest BCUT2D eigenvalue weighted by atomic mass is 19.1. The Bertz CT molecular complexity index is 1180. The highest BCUT2D eigenvalue weighted by Crippen LogP contribution is 2.42. The van der Waals surface area contributed by atoms with Crippen molar-refractivity contribution in [2.75, 3.05) is 32.2 Å². The van der Waals surface area contributed by atoms with Gasteiger partial charge < -0.3 is 29.8 Å². The second kappa shape index (κ2) is 9.11. The number of rotatable bonds is 8. The molecular weight excluding hydrogens is 427 g/mol. The van der Waals surface area contributed by atoms with E-state index in [2.05, 4.69) is 20.6 Å². The molecule has 172 valence electrons. The number of carbonyl (C=O) groups excluding carboxylic acids is 1. The number of ether oxygens (including phenoxy) is 3. The second-order valence-corrected chi connectivity index (χ2v) is 7.97. The third kappa shape index (κ3) is 4.11. The maximum atomic E-state index is 14.3. The van der Waals surface area contributed by atoms with Crippen LogP contribution >= 0.6 is 0 Å². The van der Waals surface area contributed by atoms with Crippen LogP contribution in [0.2, 0.25) is 0 Å². The molecule has 0 spiro atoms. The number of pyridine rings is 1. The van der Waals surface area contributed by atoms with Crippen molar-refractivity contribution in [2.45, 2.75) is 25.4 Å². The molecule has 1 fully saturated rings. The Hall–Kier alpha value is -3.59. The molecule has 1 amide bonds. The number of anilines is 2. The van der Waals surface area contributed by atoms with E-state index in [4.69, 9.17) is 14.2 Å². The summed E-state index contributed by atoms with van der Waals surface area (Å²) in [5.41, 5.74) is 3.66. The van der Waals surface area contributed by atoms with E-state index in [1.54, 1.807) is 24.5 Å². The Morgan fingerprint density at radius 2 is 2.21 bits per heavy atom. The summed E-state index contributed by atoms with van der Waals surface area (Å²) in [7, 11) is 1.41. The van der Waals surface area contributed by atoms with Crippen LogP contribution in [0, 0.1) is 5.82 Å². The SMILES string of the molecule is COc1c(F)cccc1Nc1c(-c2ccncc2OCCC2CCO2)[nH]c2c1C(=O)NCC2. The average molecular weight is 452 g/mol. The lowest BCUT2D eigenvalue weighted by Gasteiger charge is -2.26. The summed E-state index contributed by atoms with van der Waals surface area (Å²) in [6.45, 7) is 1.83. The summed E-state index contributed by atoms with van der Waals surface area (Å²) in [6, 6.07) is 6.44. The standard InChI is InChI=1S/C24H25FN4O4/c1-31-23-16(25)3-2-4-18(23)29-22-20-17(6-10-27-24(20)30)28-21(22)15-5-9-26-13-19(15)33-12-8-14-7-11-32-14/h2-5,9,13-14,28-29H,6-8,10-12H2,1H3,(H,27,30). The first kappa shape index (κ1) is 21.3. The summed E-state index contributed by atoms with van der Waals surface area (Å²) in [4.78, 5) is 20.4. The smallest absolute Gasteiger partial charge is 0.255 e. The van der Waals surface area contributed by atoms with Crippen molar-refractivity contribution in [1.82, 2.24) is 15.3 Å². The van der Waals surface area contributed by atoms with Gasteiger partial charge in [0, 0.05) is 43.4 Å². The number of nitrogens with zero attached hydrogens (tertiary/aromatic N) is 1. The van der Waals surface area contributed by atoms with Gasteiger partial charge in [-0.2, -0.15) is 0 Å². The molecule has 4 heterocycles. The zero-order chi connectivity index (χ0) is 22.8. The van der Waals surface area contributed by atoms with E-state index < -0.39 is 5.82 Å². The van der Waals surface area contributed by atoms with Gasteiger partial charge in [-0.15, -0.1) is 0 Å². The van der Waals surface area contributed by atoms with E-state index >= 15 is 0 Å². The predicted molar refractivity (Wildman–Crippen MR) is 121 cm³/mol. The summed E-state index contributed by atoms with van der Waals surface area (Å²) in [5, 5.41) is 6.12. The van der Waals surface area contributed by atoms with E-state index in [0.717, 1.165) is 30.7 Å². The van der Waals surface area contributed by atoms with Crippen LogP contribution in [0.4, 0.5) is 15.8 Å². The maximum absolute atomic E-state index is 14.3. The van der Waals surface area contributed by atoms with Gasteiger partial charge >= 0.3 is 0 Å². The molecule has 3 aromatic rings. The van der Waals surface area contributed by atoms with Crippen LogP contribution in [0.3, 0.4) is 0 Å². The molecule has 0 bridgehead atoms. The molecule has 2 aliphatic rings. The quantitative estimate of drug-likeness (QED) is 0.481. The van der Waals surface area contributed by atoms with Crippen molar-refractivity contribution in [3.05, 3.63) is 53.7 Å². The van der Waals surface area contributed by atoms with E-state index in [-0.39, 0.29) is 17.8 Å². The maximum Gasteiger partial charge on any atom is 0.255 e. The molecule has 5 rings (SSSR count). The minimum absolute atomic E-state index is 0.0707. The molecule has 9 heteroatoms. The van der Waals surface area contributed by atoms with Crippen LogP contribution in [-0.4, -0.2) is 48.8 Å². The fourth-order valence-electron chi connectivity index (χ4n) is 4.17. The number of carbonyl (C=O) groups is 1. The summed E-state index contributed by atoms with van der Waals surface area (Å²) in [6.07, 6.45) is 6.06. The zero-order valence-electron chi connectivity index (χ0n) is 18.2. The molecule has 1 aromatic carbocycles. The van der Waals surface area contributed by atoms with Crippen LogP contribution in [0.5, 0.6) is 11.5 Å². The molecular formula is C24H25FN4O4. The average Bonchev–Trinajstić information content (AvgIpc) is 3.15. The van der Waals surface area contributed by atoms with Gasteiger partial charge in [0.25, 0.3) is 5.91 Å². The molecule has 2 aromatic heterocycles. The predicted octanol–water partition coefficient (Wildman–Crippen LogP) is 3.81. The fraction of sp³-hybridized carbons (Fsp3) is 0.333. The lowest BCUT2D eigenvalue weighted by atomic mass is 10.0. The molecule has 0 radical (unpaired) electrons. The third-order valence-corrected chi connectivity index (χ3v) is 5.94. The van der Waals surface area contributed by atoms with E-state index in [0.29, 0.717) is 48.0 Å². The molecule has 0 saturated carbocycles. The highest BCUT2D eigenvalue weighted by molar-refractivity contribution is 6.06. The van der Waals surface area contributed by atoms with Crippen molar-refractivity contribution in [3.63, 3.8) is 0 Å². The van der Waals surface area contributed by atoms with Crippen molar-refractivity contribution in [1.29, 1.82) is 0 Å². The second-order valence-electron chi connectivity index (χ2n) is 7.97. The van der Waals surface area contributed by atoms with Crippen LogP contribution in [0.1, 0.15) is 28.9 Å². The number of benzene rings is 1. The first-order valence-electron chi connectivity index (χ1n) is 11.0. The Labute approximate surface area is 190 Å². The number of halogens is 1. The van der Waals surface area contributed by atoms with Gasteiger partial charge in [-0.05, 0) is 24.6 Å². The number of H-pyrrole nitrogens is 1. The van der Waals surface area contributed by atoms with Gasteiger partial charge in [0.2, 0.25) is 0 Å². The van der Waals surface area contributed by atoms with Gasteiger partial charge in [-0.25, -0.2) is 4.39 Å². The van der Waals surface area contributed by atoms with Gasteiger partial charge in [0.05, 0.1) is 48.6 Å². The first-order valence-corrected chi connectivity index (χ1v) is 11.0. The number of para-hydroxylation sites is 1. The van der Waals surface area contributed by atoms with Gasteiger partial charge in [-0.1, -0.05) is 6.07 Å². The minimum atomic E-state index is -0.496. The van der Waals surface area contributed by atoms with Crippen LogP contribution < -0.4 is 20.1 Å². The van der Waals surface area contributed by atoms with Gasteiger partial charge in [0.1, 0.15) is 5.75 Å². The summed E-state index contributed by atoms with van der Waals surface area (Å²) >= 11 is 0. The number of nitrogens with one attached hydrogen (secondary N) is 3. The van der Waals surface area contributed by atoms with Crippen molar-refractivity contribution >= 4 is 17.3 Å². The van der Waals surface area contributed by atoms with Crippen molar-refractivity contribution < 1.29 is 23.4 Å². The van der Waals surface area contributed by atoms with Crippen molar-refractivity contribution in [2.24, 2.45) is 0 Å². The van der Waals surface area contributed by atoms with E-state index in [1.807, 2.05) is 6.07 Å². The molecule has 8 nitrogen and oxygen atoms in total. The molecule has 1 atom stereocenters. The lowest BCUT2D eigenvalue weighted by Crippen LogP contribution is -2.31. The number of aromatic amines is 1. The van der Waals surface area contributed by atoms with Crippen molar-refractivity contribution in [3.8, 4) is 22.8 Å². The number of methoxy groups -OCH3 is 1. The monoisotopic (exact) mass is 452 g/mol. The lowest BCUT2D eigenvalue weighted by molar-refractivity contribution is -0.0596. The van der Waals surface area contributed by atoms with Crippen LogP contribution in [0.15, 0.2) is 36.7 Å². The number of aromatic nitrogens is 2. The molecule has 33 heavy (non-hydrogen) atoms. The van der Waals surface area contributed by atoms with Crippen LogP contribution in [-0.2, 0) is 11.2 Å². The Morgan fingerprint density at radius 3 is 3.00 bits per heavy atom. The first-order chi connectivity index (χ1) is 16.2. The van der Waals surface area contributed by atoms with E-state index in [1.165, 1.54) is 13.2 Å². The Morgan fingerprint density at radius 1 is 1.33 bits per heavy atom. The number of fused-ring (bicyclic) bond motifs is 1. The molecule has 1 unspecified atom stereocenters. The normalized spacial score (nSPS) is 17.0. The summed E-state index contributed by atoms with van der Waals surface area (Å²) < 4.78 is 31.1. The number of hydrogen-bond donors (Lipinski definition) is 3. The number of hydrogen-bond acceptors (Lipinski definition) is 6. The van der Waals surface area contributed by atoms with Gasteiger partial charge in [-0.3, -0.25) is 9.78 Å². The topological polar surface area (TPSA) is 97.5 Å².